The highest BCUT2D eigenvalue weighted by molar-refractivity contribution is 5.92. The number of nitrogens with zero attached hydrogens (tertiary/aromatic N) is 2. The molecule has 0 aromatic carbocycles. The molecule has 0 spiro atoms. The smallest absolute Gasteiger partial charge is 0.272 e. The lowest BCUT2D eigenvalue weighted by Crippen LogP contribution is -2.43. The van der Waals surface area contributed by atoms with Gasteiger partial charge >= 0.3 is 0 Å². The normalized spacial score (nSPS) is 19.3. The van der Waals surface area contributed by atoms with Crippen LogP contribution in [0.25, 0.3) is 0 Å². The molecule has 1 aromatic heterocycles. The Balaban J connectivity index is 2.09. The number of anilines is 1. The second-order valence-corrected chi connectivity index (χ2v) is 5.02. The van der Waals surface area contributed by atoms with Crippen molar-refractivity contribution in [2.45, 2.75) is 45.6 Å². The Hall–Kier alpha value is -1.58. The number of carbonyl (C=O) groups excluding carboxylic acids is 1. The van der Waals surface area contributed by atoms with Crippen LogP contribution in [0.4, 0.5) is 5.69 Å². The summed E-state index contributed by atoms with van der Waals surface area (Å²) in [5.41, 5.74) is 1.52. The summed E-state index contributed by atoms with van der Waals surface area (Å²) in [4.78, 5) is 18.8. The molecule has 1 N–H and O–H groups in total. The predicted octanol–water partition coefficient (Wildman–Crippen LogP) is 2.92. The van der Waals surface area contributed by atoms with E-state index in [1.807, 2.05) is 24.0 Å². The Morgan fingerprint density at radius 3 is 2.89 bits per heavy atom. The van der Waals surface area contributed by atoms with E-state index in [4.69, 9.17) is 0 Å². The number of aromatic nitrogens is 1. The van der Waals surface area contributed by atoms with Crippen molar-refractivity contribution >= 4 is 11.6 Å². The van der Waals surface area contributed by atoms with E-state index in [-0.39, 0.29) is 5.91 Å². The Labute approximate surface area is 115 Å². The number of piperidine rings is 1. The van der Waals surface area contributed by atoms with Crippen LogP contribution in [0.1, 0.15) is 50.0 Å². The summed E-state index contributed by atoms with van der Waals surface area (Å²) < 4.78 is 0. The predicted molar refractivity (Wildman–Crippen MR) is 77.4 cm³/mol. The highest BCUT2D eigenvalue weighted by atomic mass is 16.2. The molecule has 104 valence electrons. The molecule has 1 fully saturated rings. The zero-order valence-corrected chi connectivity index (χ0v) is 11.9. The summed E-state index contributed by atoms with van der Waals surface area (Å²) in [5.74, 6) is 0.0783. The van der Waals surface area contributed by atoms with E-state index in [1.165, 1.54) is 6.42 Å². The zero-order chi connectivity index (χ0) is 13.7. The van der Waals surface area contributed by atoms with Crippen molar-refractivity contribution in [1.82, 2.24) is 9.88 Å². The van der Waals surface area contributed by atoms with Gasteiger partial charge < -0.3 is 10.2 Å². The fraction of sp³-hybridized carbons (Fsp3) is 0.600. The van der Waals surface area contributed by atoms with Crippen LogP contribution in [0.2, 0.25) is 0 Å². The molecule has 2 heterocycles. The van der Waals surface area contributed by atoms with Crippen LogP contribution in [0.3, 0.4) is 0 Å². The van der Waals surface area contributed by atoms with E-state index in [0.717, 1.165) is 38.0 Å². The maximum absolute atomic E-state index is 12.5. The Morgan fingerprint density at radius 1 is 1.42 bits per heavy atom. The number of carbonyl (C=O) groups is 1. The molecule has 0 saturated carbocycles. The van der Waals surface area contributed by atoms with Crippen LogP contribution >= 0.6 is 0 Å². The molecule has 1 aliphatic rings. The lowest BCUT2D eigenvalue weighted by Gasteiger charge is -2.35. The van der Waals surface area contributed by atoms with Crippen LogP contribution in [0.15, 0.2) is 18.3 Å². The van der Waals surface area contributed by atoms with Gasteiger partial charge in [-0.15, -0.1) is 0 Å². The maximum Gasteiger partial charge on any atom is 0.272 e. The third kappa shape index (κ3) is 3.25. The number of hydrogen-bond donors (Lipinski definition) is 1. The topological polar surface area (TPSA) is 45.2 Å². The van der Waals surface area contributed by atoms with Crippen molar-refractivity contribution in [3.05, 3.63) is 24.0 Å². The van der Waals surface area contributed by atoms with E-state index >= 15 is 0 Å². The van der Waals surface area contributed by atoms with Crippen molar-refractivity contribution < 1.29 is 4.79 Å². The van der Waals surface area contributed by atoms with E-state index in [2.05, 4.69) is 17.2 Å². The first kappa shape index (κ1) is 13.8. The third-order valence-corrected chi connectivity index (χ3v) is 3.72. The van der Waals surface area contributed by atoms with Crippen LogP contribution in [0.5, 0.6) is 0 Å². The molecule has 1 amide bonds. The molecule has 1 atom stereocenters. The first-order chi connectivity index (χ1) is 9.26. The largest absolute Gasteiger partial charge is 0.384 e. The quantitative estimate of drug-likeness (QED) is 0.906. The van der Waals surface area contributed by atoms with Crippen molar-refractivity contribution in [2.75, 3.05) is 18.4 Å². The Bertz CT molecular complexity index is 416. The summed E-state index contributed by atoms with van der Waals surface area (Å²) in [5, 5.41) is 3.19. The number of nitrogens with one attached hydrogen (secondary N) is 1. The molecule has 1 aliphatic heterocycles. The molecule has 0 aliphatic carbocycles. The van der Waals surface area contributed by atoms with Crippen LogP contribution in [0, 0.1) is 0 Å². The molecule has 0 bridgehead atoms. The minimum Gasteiger partial charge on any atom is -0.384 e. The van der Waals surface area contributed by atoms with Crippen molar-refractivity contribution in [3.63, 3.8) is 0 Å². The molecule has 1 unspecified atom stereocenters. The number of likely N-dealkylation sites (tertiary alicyclic amines) is 1. The number of hydrogen-bond acceptors (Lipinski definition) is 3. The summed E-state index contributed by atoms with van der Waals surface area (Å²) in [6.07, 6.45) is 6.23. The summed E-state index contributed by atoms with van der Waals surface area (Å²) in [6.45, 7) is 5.92. The van der Waals surface area contributed by atoms with Crippen molar-refractivity contribution in [3.8, 4) is 0 Å². The Kier molecular flexibility index (Phi) is 4.77. The van der Waals surface area contributed by atoms with Crippen LogP contribution < -0.4 is 5.32 Å². The van der Waals surface area contributed by atoms with Gasteiger partial charge in [0.2, 0.25) is 0 Å². The molecule has 0 radical (unpaired) electrons. The van der Waals surface area contributed by atoms with Crippen LogP contribution in [-0.4, -0.2) is 34.9 Å². The zero-order valence-electron chi connectivity index (χ0n) is 11.9. The lowest BCUT2D eigenvalue weighted by molar-refractivity contribution is 0.0602. The highest BCUT2D eigenvalue weighted by Gasteiger charge is 2.26. The fourth-order valence-corrected chi connectivity index (χ4v) is 2.67. The minimum absolute atomic E-state index is 0.0783. The van der Waals surface area contributed by atoms with Gasteiger partial charge in [0.1, 0.15) is 5.69 Å². The number of pyridine rings is 1. The average Bonchev–Trinajstić information content (AvgIpc) is 2.47. The van der Waals surface area contributed by atoms with Gasteiger partial charge in [-0.05, 0) is 44.7 Å². The van der Waals surface area contributed by atoms with Gasteiger partial charge in [0.15, 0.2) is 0 Å². The highest BCUT2D eigenvalue weighted by Crippen LogP contribution is 2.21. The molecule has 2 rings (SSSR count). The molecule has 4 heteroatoms. The van der Waals surface area contributed by atoms with E-state index in [9.17, 15) is 4.79 Å². The van der Waals surface area contributed by atoms with Gasteiger partial charge in [0.25, 0.3) is 5.91 Å². The van der Waals surface area contributed by atoms with Gasteiger partial charge in [0.05, 0.1) is 11.9 Å². The van der Waals surface area contributed by atoms with Crippen molar-refractivity contribution in [1.29, 1.82) is 0 Å². The second kappa shape index (κ2) is 6.55. The SMILES string of the molecule is CCNc1ccc(C(=O)N2CCCCC2CC)nc1. The Morgan fingerprint density at radius 2 is 2.26 bits per heavy atom. The standard InChI is InChI=1S/C15H23N3O/c1-3-13-7-5-6-10-18(13)15(19)14-9-8-12(11-17-14)16-4-2/h8-9,11,13,16H,3-7,10H2,1-2H3. The first-order valence-corrected chi connectivity index (χ1v) is 7.27. The van der Waals surface area contributed by atoms with Gasteiger partial charge in [0, 0.05) is 19.1 Å². The third-order valence-electron chi connectivity index (χ3n) is 3.72. The van der Waals surface area contributed by atoms with Gasteiger partial charge in [-0.25, -0.2) is 4.98 Å². The summed E-state index contributed by atoms with van der Waals surface area (Å²) in [7, 11) is 0. The maximum atomic E-state index is 12.5. The fourth-order valence-electron chi connectivity index (χ4n) is 2.67. The molecule has 1 aromatic rings. The number of amides is 1. The molecular weight excluding hydrogens is 238 g/mol. The van der Waals surface area contributed by atoms with Gasteiger partial charge in [-0.1, -0.05) is 6.92 Å². The molecular formula is C15H23N3O. The molecule has 1 saturated heterocycles. The summed E-state index contributed by atoms with van der Waals surface area (Å²) in [6, 6.07) is 4.13. The monoisotopic (exact) mass is 261 g/mol. The number of rotatable bonds is 4. The average molecular weight is 261 g/mol. The van der Waals surface area contributed by atoms with Crippen molar-refractivity contribution in [2.24, 2.45) is 0 Å². The van der Waals surface area contributed by atoms with Crippen LogP contribution in [-0.2, 0) is 0 Å². The van der Waals surface area contributed by atoms with E-state index in [1.54, 1.807) is 6.20 Å². The molecule has 4 nitrogen and oxygen atoms in total. The first-order valence-electron chi connectivity index (χ1n) is 7.27. The lowest BCUT2D eigenvalue weighted by atomic mass is 9.99. The minimum atomic E-state index is 0.0783. The summed E-state index contributed by atoms with van der Waals surface area (Å²) >= 11 is 0. The van der Waals surface area contributed by atoms with Gasteiger partial charge in [-0.3, -0.25) is 4.79 Å². The van der Waals surface area contributed by atoms with Gasteiger partial charge in [-0.2, -0.15) is 0 Å². The second-order valence-electron chi connectivity index (χ2n) is 5.02. The molecule has 19 heavy (non-hydrogen) atoms. The van der Waals surface area contributed by atoms with E-state index < -0.39 is 0 Å². The van der Waals surface area contributed by atoms with E-state index in [0.29, 0.717) is 11.7 Å².